The van der Waals surface area contributed by atoms with Crippen molar-refractivity contribution >= 4 is 28.1 Å². The number of nitrogens with zero attached hydrogens (tertiary/aromatic N) is 1. The van der Waals surface area contributed by atoms with E-state index in [1.54, 1.807) is 12.1 Å². The zero-order valence-electron chi connectivity index (χ0n) is 19.6. The third-order valence-corrected chi connectivity index (χ3v) is 11.0. The Morgan fingerprint density at radius 3 is 2.20 bits per heavy atom. The van der Waals surface area contributed by atoms with E-state index < -0.39 is 15.6 Å². The highest BCUT2D eigenvalue weighted by Crippen LogP contribution is 2.73. The van der Waals surface area contributed by atoms with Crippen molar-refractivity contribution < 1.29 is 17.9 Å². The number of likely N-dealkylation sites (tertiary alicyclic amines) is 1. The van der Waals surface area contributed by atoms with Crippen LogP contribution < -0.4 is 4.72 Å². The molecule has 2 aromatic carbocycles. The van der Waals surface area contributed by atoms with Gasteiger partial charge in [-0.15, -0.1) is 12.4 Å². The van der Waals surface area contributed by atoms with Gasteiger partial charge in [0.15, 0.2) is 0 Å². The number of hydrogen-bond donors (Lipinski definition) is 2. The number of β-amino-alcohol motifs (C(OH)–C–C–N with tert-alkyl or cyclic N) is 1. The fourth-order valence-corrected chi connectivity index (χ4v) is 8.79. The third-order valence-electron chi connectivity index (χ3n) is 9.10. The summed E-state index contributed by atoms with van der Waals surface area (Å²) in [4.78, 5) is 2.37. The molecule has 3 saturated carbocycles. The van der Waals surface area contributed by atoms with E-state index in [-0.39, 0.29) is 28.9 Å². The van der Waals surface area contributed by atoms with Gasteiger partial charge in [-0.05, 0) is 78.3 Å². The molecule has 4 aliphatic carbocycles. The molecule has 7 rings (SSSR count). The summed E-state index contributed by atoms with van der Waals surface area (Å²) in [5, 5.41) is 11.0. The normalized spacial score (nSPS) is 30.9. The zero-order chi connectivity index (χ0) is 23.3. The lowest BCUT2D eigenvalue weighted by Gasteiger charge is -2.33. The van der Waals surface area contributed by atoms with Crippen molar-refractivity contribution in [2.45, 2.75) is 54.8 Å². The van der Waals surface area contributed by atoms with Crippen LogP contribution in [0.2, 0.25) is 0 Å². The minimum absolute atomic E-state index is 0. The summed E-state index contributed by atoms with van der Waals surface area (Å²) in [5.41, 5.74) is 2.77. The van der Waals surface area contributed by atoms with Gasteiger partial charge in [-0.3, -0.25) is 9.62 Å². The summed E-state index contributed by atoms with van der Waals surface area (Å²) in [6.07, 6.45) is 5.02. The van der Waals surface area contributed by atoms with E-state index in [4.69, 9.17) is 0 Å². The Kier molecular flexibility index (Phi) is 5.36. The molecule has 5 nitrogen and oxygen atoms in total. The average molecular weight is 519 g/mol. The first kappa shape index (κ1) is 23.7. The van der Waals surface area contributed by atoms with Crippen molar-refractivity contribution in [1.82, 2.24) is 4.90 Å². The smallest absolute Gasteiger partial charge is 0.235 e. The fraction of sp³-hybridized carbons (Fsp3) is 0.556. The fourth-order valence-electron chi connectivity index (χ4n) is 7.41. The van der Waals surface area contributed by atoms with E-state index in [1.807, 2.05) is 12.1 Å². The molecule has 5 aliphatic rings. The van der Waals surface area contributed by atoms with Crippen molar-refractivity contribution in [2.75, 3.05) is 24.4 Å². The largest absolute Gasteiger partial charge is 0.388 e. The molecule has 8 heteroatoms. The van der Waals surface area contributed by atoms with Gasteiger partial charge in [0.2, 0.25) is 10.0 Å². The number of fused-ring (bicyclic) bond motifs is 2. The van der Waals surface area contributed by atoms with E-state index >= 15 is 4.39 Å². The monoisotopic (exact) mass is 518 g/mol. The molecule has 35 heavy (non-hydrogen) atoms. The number of rotatable bonds is 7. The van der Waals surface area contributed by atoms with E-state index in [0.717, 1.165) is 25.9 Å². The maximum atomic E-state index is 15.2. The SMILES string of the molecule is Cl.O=S(=O)(Nc1ccc(F)c(C2(C3CC3)C3CN(CC4(O)Cc5ccccc5C4)CC32)c1)C1CC1. The first-order valence-corrected chi connectivity index (χ1v) is 14.2. The molecule has 1 heterocycles. The lowest BCUT2D eigenvalue weighted by molar-refractivity contribution is 0.0135. The molecular formula is C27H32ClFN2O3S. The summed E-state index contributed by atoms with van der Waals surface area (Å²) >= 11 is 0. The molecule has 2 atom stereocenters. The lowest BCUT2D eigenvalue weighted by Crippen LogP contribution is -2.45. The van der Waals surface area contributed by atoms with Crippen LogP contribution in [0.4, 0.5) is 10.1 Å². The van der Waals surface area contributed by atoms with E-state index in [2.05, 4.69) is 21.8 Å². The Balaban J connectivity index is 0.00000229. The summed E-state index contributed by atoms with van der Waals surface area (Å²) in [7, 11) is -3.38. The highest BCUT2D eigenvalue weighted by molar-refractivity contribution is 7.93. The first-order chi connectivity index (χ1) is 16.3. The number of halogens is 2. The Morgan fingerprint density at radius 1 is 1.00 bits per heavy atom. The van der Waals surface area contributed by atoms with Gasteiger partial charge in [0.25, 0.3) is 0 Å². The molecule has 188 valence electrons. The summed E-state index contributed by atoms with van der Waals surface area (Å²) in [6.45, 7) is 2.40. The Morgan fingerprint density at radius 2 is 1.63 bits per heavy atom. The molecule has 0 amide bonds. The third kappa shape index (κ3) is 3.81. The number of nitrogens with one attached hydrogen (secondary N) is 1. The quantitative estimate of drug-likeness (QED) is 0.583. The summed E-state index contributed by atoms with van der Waals surface area (Å²) in [6, 6.07) is 13.1. The van der Waals surface area contributed by atoms with Crippen LogP contribution in [-0.4, -0.2) is 48.9 Å². The van der Waals surface area contributed by atoms with Crippen LogP contribution in [0.25, 0.3) is 0 Å². The van der Waals surface area contributed by atoms with Crippen LogP contribution in [0.5, 0.6) is 0 Å². The molecule has 2 unspecified atom stereocenters. The second-order valence-electron chi connectivity index (χ2n) is 11.5. The average Bonchev–Trinajstić information content (AvgIpc) is 3.69. The number of anilines is 1. The van der Waals surface area contributed by atoms with Crippen molar-refractivity contribution in [1.29, 1.82) is 0 Å². The van der Waals surface area contributed by atoms with Gasteiger partial charge < -0.3 is 5.11 Å². The maximum absolute atomic E-state index is 15.2. The molecule has 4 fully saturated rings. The van der Waals surface area contributed by atoms with E-state index in [0.29, 0.717) is 61.2 Å². The van der Waals surface area contributed by atoms with Gasteiger partial charge in [0, 0.05) is 43.6 Å². The standard InChI is InChI=1S/C27H31FN2O3S.ClH/c28-25-10-7-20(29-34(32,33)21-8-9-21)11-22(25)27(19-5-6-19)23-14-30(15-24(23)27)16-26(31)12-17-3-1-2-4-18(17)13-26;/h1-4,7,10-11,19,21,23-24,29,31H,5-6,8-9,12-16H2;1H. The highest BCUT2D eigenvalue weighted by atomic mass is 35.5. The van der Waals surface area contributed by atoms with Crippen LogP contribution in [0.1, 0.15) is 42.4 Å². The minimum atomic E-state index is -3.38. The Hall–Kier alpha value is -1.67. The van der Waals surface area contributed by atoms with Crippen LogP contribution in [0.3, 0.4) is 0 Å². The molecule has 0 spiro atoms. The van der Waals surface area contributed by atoms with Gasteiger partial charge in [-0.25, -0.2) is 12.8 Å². The second kappa shape index (κ2) is 7.91. The van der Waals surface area contributed by atoms with Crippen molar-refractivity contribution in [3.63, 3.8) is 0 Å². The van der Waals surface area contributed by atoms with E-state index in [1.165, 1.54) is 17.2 Å². The zero-order valence-corrected chi connectivity index (χ0v) is 21.3. The predicted octanol–water partition coefficient (Wildman–Crippen LogP) is 3.89. The Bertz CT molecular complexity index is 1240. The Labute approximate surface area is 212 Å². The molecule has 0 aromatic heterocycles. The van der Waals surface area contributed by atoms with Crippen molar-refractivity contribution in [3.8, 4) is 0 Å². The number of piperidine rings is 1. The molecule has 1 aliphatic heterocycles. The topological polar surface area (TPSA) is 69.6 Å². The summed E-state index contributed by atoms with van der Waals surface area (Å²) < 4.78 is 42.8. The van der Waals surface area contributed by atoms with E-state index in [9.17, 15) is 13.5 Å². The summed E-state index contributed by atoms with van der Waals surface area (Å²) in [5.74, 6) is 1.01. The first-order valence-electron chi connectivity index (χ1n) is 12.6. The number of sulfonamides is 1. The number of benzene rings is 2. The highest BCUT2D eigenvalue weighted by Gasteiger charge is 2.74. The second-order valence-corrected chi connectivity index (χ2v) is 13.5. The molecule has 0 radical (unpaired) electrons. The minimum Gasteiger partial charge on any atom is -0.388 e. The van der Waals surface area contributed by atoms with Gasteiger partial charge in [-0.2, -0.15) is 0 Å². The molecule has 2 N–H and O–H groups in total. The number of aliphatic hydroxyl groups is 1. The van der Waals surface area contributed by atoms with Crippen LogP contribution in [0.15, 0.2) is 42.5 Å². The maximum Gasteiger partial charge on any atom is 0.235 e. The van der Waals surface area contributed by atoms with Gasteiger partial charge in [0.1, 0.15) is 5.82 Å². The van der Waals surface area contributed by atoms with Crippen LogP contribution in [0, 0.1) is 23.6 Å². The molecule has 1 saturated heterocycles. The van der Waals surface area contributed by atoms with Crippen LogP contribution >= 0.6 is 12.4 Å². The van der Waals surface area contributed by atoms with Crippen molar-refractivity contribution in [3.05, 3.63) is 65.0 Å². The van der Waals surface area contributed by atoms with Gasteiger partial charge >= 0.3 is 0 Å². The molecule has 2 aromatic rings. The van der Waals surface area contributed by atoms with Gasteiger partial charge in [-0.1, -0.05) is 24.3 Å². The van der Waals surface area contributed by atoms with Gasteiger partial charge in [0.05, 0.1) is 10.9 Å². The van der Waals surface area contributed by atoms with Crippen molar-refractivity contribution in [2.24, 2.45) is 17.8 Å². The number of hydrogen-bond acceptors (Lipinski definition) is 4. The van der Waals surface area contributed by atoms with Crippen LogP contribution in [-0.2, 0) is 28.3 Å². The molecular weight excluding hydrogens is 487 g/mol. The molecule has 0 bridgehead atoms. The predicted molar refractivity (Wildman–Crippen MR) is 136 cm³/mol. The lowest BCUT2D eigenvalue weighted by atomic mass is 9.84.